The summed E-state index contributed by atoms with van der Waals surface area (Å²) in [6, 6.07) is 6.86. The third kappa shape index (κ3) is 2.95. The van der Waals surface area contributed by atoms with E-state index in [9.17, 15) is 9.59 Å². The van der Waals surface area contributed by atoms with Crippen molar-refractivity contribution in [2.24, 2.45) is 5.73 Å². The molecule has 98 valence electrons. The summed E-state index contributed by atoms with van der Waals surface area (Å²) in [6.07, 6.45) is 1.35. The lowest BCUT2D eigenvalue weighted by atomic mass is 10.1. The summed E-state index contributed by atoms with van der Waals surface area (Å²) in [5.41, 5.74) is 6.10. The molecule has 0 saturated carbocycles. The number of hydrogen-bond donors (Lipinski definition) is 1. The Hall–Kier alpha value is -1.41. The van der Waals surface area contributed by atoms with Crippen molar-refractivity contribution in [1.29, 1.82) is 0 Å². The molecule has 0 aliphatic heterocycles. The molecule has 0 fully saturated rings. The van der Waals surface area contributed by atoms with E-state index in [1.54, 1.807) is 24.3 Å². The van der Waals surface area contributed by atoms with Crippen molar-refractivity contribution in [2.75, 3.05) is 0 Å². The van der Waals surface area contributed by atoms with Crippen LogP contribution in [0.5, 0.6) is 0 Å². The van der Waals surface area contributed by atoms with Crippen molar-refractivity contribution in [3.05, 3.63) is 60.8 Å². The largest absolute Gasteiger partial charge is 0.366 e. The van der Waals surface area contributed by atoms with Crippen molar-refractivity contribution >= 4 is 40.1 Å². The fraction of sp³-hybridized carbons (Fsp3) is 0.0833. The standard InChI is InChI=1S/C12H9ClIN3O2/c13-10-9(14)12(19)17(6-16-10)5-7-3-1-2-4-8(7)11(15)18/h1-4,6H,5H2,(H2,15,18). The highest BCUT2D eigenvalue weighted by atomic mass is 127. The third-order valence-corrected chi connectivity index (χ3v) is 4.14. The Morgan fingerprint density at radius 2 is 2.11 bits per heavy atom. The van der Waals surface area contributed by atoms with Gasteiger partial charge in [0, 0.05) is 5.56 Å². The van der Waals surface area contributed by atoms with Crippen LogP contribution in [0.4, 0.5) is 0 Å². The number of primary amides is 1. The SMILES string of the molecule is NC(=O)c1ccccc1Cn1cnc(Cl)c(I)c1=O. The van der Waals surface area contributed by atoms with E-state index in [2.05, 4.69) is 4.98 Å². The lowest BCUT2D eigenvalue weighted by Gasteiger charge is -2.09. The Labute approximate surface area is 127 Å². The maximum atomic E-state index is 12.0. The Balaban J connectivity index is 2.46. The van der Waals surface area contributed by atoms with Crippen LogP contribution in [0.2, 0.25) is 5.15 Å². The zero-order valence-corrected chi connectivity index (χ0v) is 12.6. The highest BCUT2D eigenvalue weighted by molar-refractivity contribution is 14.1. The summed E-state index contributed by atoms with van der Waals surface area (Å²) in [7, 11) is 0. The molecule has 0 aliphatic rings. The van der Waals surface area contributed by atoms with E-state index in [0.717, 1.165) is 0 Å². The molecule has 1 aromatic carbocycles. The van der Waals surface area contributed by atoms with E-state index in [1.165, 1.54) is 10.9 Å². The summed E-state index contributed by atoms with van der Waals surface area (Å²) in [6.45, 7) is 0.220. The molecule has 0 atom stereocenters. The van der Waals surface area contributed by atoms with Crippen LogP contribution in [-0.2, 0) is 6.54 Å². The normalized spacial score (nSPS) is 10.4. The fourth-order valence-corrected chi connectivity index (χ4v) is 2.21. The van der Waals surface area contributed by atoms with Gasteiger partial charge in [-0.2, -0.15) is 0 Å². The predicted octanol–water partition coefficient (Wildman–Crippen LogP) is 1.65. The molecule has 19 heavy (non-hydrogen) atoms. The molecule has 0 unspecified atom stereocenters. The number of nitrogens with zero attached hydrogens (tertiary/aromatic N) is 2. The molecular formula is C12H9ClIN3O2. The first-order valence-corrected chi connectivity index (χ1v) is 6.74. The van der Waals surface area contributed by atoms with Crippen LogP contribution in [0, 0.1) is 3.57 Å². The minimum Gasteiger partial charge on any atom is -0.366 e. The number of halogens is 2. The van der Waals surface area contributed by atoms with Crippen LogP contribution in [-0.4, -0.2) is 15.5 Å². The minimum absolute atomic E-state index is 0.171. The van der Waals surface area contributed by atoms with E-state index in [1.807, 2.05) is 22.6 Å². The van der Waals surface area contributed by atoms with Crippen LogP contribution in [0.15, 0.2) is 35.4 Å². The topological polar surface area (TPSA) is 78.0 Å². The molecule has 1 heterocycles. The summed E-state index contributed by atoms with van der Waals surface area (Å²) in [4.78, 5) is 27.2. The van der Waals surface area contributed by atoms with Gasteiger partial charge in [0.2, 0.25) is 5.91 Å². The second-order valence-electron chi connectivity index (χ2n) is 3.80. The molecule has 1 aromatic heterocycles. The number of hydrogen-bond acceptors (Lipinski definition) is 3. The van der Waals surface area contributed by atoms with Crippen molar-refractivity contribution in [2.45, 2.75) is 6.54 Å². The molecule has 1 amide bonds. The molecule has 7 heteroatoms. The molecule has 2 N–H and O–H groups in total. The highest BCUT2D eigenvalue weighted by Crippen LogP contribution is 2.12. The second kappa shape index (κ2) is 5.70. The smallest absolute Gasteiger partial charge is 0.268 e. The monoisotopic (exact) mass is 389 g/mol. The van der Waals surface area contributed by atoms with Gasteiger partial charge in [-0.1, -0.05) is 29.8 Å². The summed E-state index contributed by atoms with van der Waals surface area (Å²) >= 11 is 7.60. The van der Waals surface area contributed by atoms with Crippen LogP contribution in [0.3, 0.4) is 0 Å². The Morgan fingerprint density at radius 3 is 2.79 bits per heavy atom. The average molecular weight is 390 g/mol. The Bertz CT molecular complexity index is 700. The molecule has 0 bridgehead atoms. The quantitative estimate of drug-likeness (QED) is 0.640. The van der Waals surface area contributed by atoms with Gasteiger partial charge in [0.1, 0.15) is 8.72 Å². The minimum atomic E-state index is -0.528. The number of nitrogens with two attached hydrogens (primary N) is 1. The number of amides is 1. The van der Waals surface area contributed by atoms with Gasteiger partial charge in [-0.15, -0.1) is 0 Å². The van der Waals surface area contributed by atoms with Gasteiger partial charge in [0.25, 0.3) is 5.56 Å². The van der Waals surface area contributed by atoms with Crippen LogP contribution >= 0.6 is 34.2 Å². The number of aromatic nitrogens is 2. The van der Waals surface area contributed by atoms with Gasteiger partial charge < -0.3 is 5.73 Å². The molecule has 2 rings (SSSR count). The maximum Gasteiger partial charge on any atom is 0.268 e. The third-order valence-electron chi connectivity index (χ3n) is 2.56. The van der Waals surface area contributed by atoms with Crippen LogP contribution in [0.1, 0.15) is 15.9 Å². The number of rotatable bonds is 3. The van der Waals surface area contributed by atoms with Gasteiger partial charge in [-0.05, 0) is 34.2 Å². The molecule has 0 aliphatic carbocycles. The average Bonchev–Trinajstić information content (AvgIpc) is 2.40. The first-order valence-electron chi connectivity index (χ1n) is 5.29. The van der Waals surface area contributed by atoms with E-state index in [0.29, 0.717) is 14.7 Å². The van der Waals surface area contributed by atoms with Gasteiger partial charge in [-0.25, -0.2) is 4.98 Å². The first-order chi connectivity index (χ1) is 9.00. The first kappa shape index (κ1) is 14.0. The molecule has 5 nitrogen and oxygen atoms in total. The van der Waals surface area contributed by atoms with E-state index >= 15 is 0 Å². The lowest BCUT2D eigenvalue weighted by Crippen LogP contribution is -2.25. The Morgan fingerprint density at radius 1 is 1.42 bits per heavy atom. The number of carbonyl (C=O) groups excluding carboxylic acids is 1. The number of benzene rings is 1. The van der Waals surface area contributed by atoms with E-state index in [4.69, 9.17) is 17.3 Å². The summed E-state index contributed by atoms with van der Waals surface area (Å²) in [5, 5.41) is 0.171. The Kier molecular flexibility index (Phi) is 4.20. The molecule has 0 spiro atoms. The zero-order chi connectivity index (χ0) is 14.0. The van der Waals surface area contributed by atoms with Crippen molar-refractivity contribution < 1.29 is 4.79 Å². The zero-order valence-electron chi connectivity index (χ0n) is 9.64. The number of carbonyl (C=O) groups is 1. The lowest BCUT2D eigenvalue weighted by molar-refractivity contribution is 0.0999. The van der Waals surface area contributed by atoms with E-state index in [-0.39, 0.29) is 17.3 Å². The summed E-state index contributed by atoms with van der Waals surface area (Å²) in [5.74, 6) is -0.528. The molecular weight excluding hydrogens is 381 g/mol. The van der Waals surface area contributed by atoms with Gasteiger partial charge in [0.15, 0.2) is 0 Å². The van der Waals surface area contributed by atoms with Crippen molar-refractivity contribution in [3.63, 3.8) is 0 Å². The molecule has 0 radical (unpaired) electrons. The molecule has 0 saturated heterocycles. The van der Waals surface area contributed by atoms with Gasteiger partial charge in [-0.3, -0.25) is 14.2 Å². The fourth-order valence-electron chi connectivity index (χ4n) is 1.64. The van der Waals surface area contributed by atoms with Crippen LogP contribution < -0.4 is 11.3 Å². The predicted molar refractivity (Wildman–Crippen MR) is 80.3 cm³/mol. The second-order valence-corrected chi connectivity index (χ2v) is 5.24. The van der Waals surface area contributed by atoms with E-state index < -0.39 is 5.91 Å². The van der Waals surface area contributed by atoms with Gasteiger partial charge >= 0.3 is 0 Å². The van der Waals surface area contributed by atoms with Crippen molar-refractivity contribution in [1.82, 2.24) is 9.55 Å². The molecule has 2 aromatic rings. The van der Waals surface area contributed by atoms with Crippen molar-refractivity contribution in [3.8, 4) is 0 Å². The highest BCUT2D eigenvalue weighted by Gasteiger charge is 2.11. The maximum absolute atomic E-state index is 12.0. The summed E-state index contributed by atoms with van der Waals surface area (Å²) < 4.78 is 1.73. The van der Waals surface area contributed by atoms with Crippen LogP contribution in [0.25, 0.3) is 0 Å². The van der Waals surface area contributed by atoms with Gasteiger partial charge in [0.05, 0.1) is 12.9 Å².